The molecule has 0 amide bonds. The average Bonchev–Trinajstić information content (AvgIpc) is 2.88. The Kier molecular flexibility index (Phi) is 8.32. The van der Waals surface area contributed by atoms with Crippen LogP contribution in [-0.2, 0) is 53.3 Å². The average molecular weight is 528 g/mol. The van der Waals surface area contributed by atoms with E-state index in [-0.39, 0.29) is 6.42 Å². The van der Waals surface area contributed by atoms with Gasteiger partial charge in [0.15, 0.2) is 0 Å². The van der Waals surface area contributed by atoms with Crippen molar-refractivity contribution in [1.29, 1.82) is 0 Å². The van der Waals surface area contributed by atoms with Crippen molar-refractivity contribution < 1.29 is 37.5 Å². The molecular formula is C11H19N2O10P3S3. The van der Waals surface area contributed by atoms with Gasteiger partial charge < -0.3 is 28.8 Å². The van der Waals surface area contributed by atoms with Crippen LogP contribution < -0.4 is 11.2 Å². The second kappa shape index (κ2) is 9.43. The van der Waals surface area contributed by atoms with E-state index in [2.05, 4.69) is 32.9 Å². The van der Waals surface area contributed by atoms with Crippen molar-refractivity contribution in [2.24, 2.45) is 0 Å². The maximum absolute atomic E-state index is 12.1. The molecule has 1 saturated heterocycles. The first-order chi connectivity index (χ1) is 13.1. The number of aromatic nitrogens is 2. The van der Waals surface area contributed by atoms with Crippen LogP contribution in [0.4, 0.5) is 0 Å². The maximum atomic E-state index is 12.1. The summed E-state index contributed by atoms with van der Waals surface area (Å²) in [4.78, 5) is 64.1. The minimum Gasteiger partial charge on any atom is -0.352 e. The summed E-state index contributed by atoms with van der Waals surface area (Å²) in [7, 11) is 0. The van der Waals surface area contributed by atoms with Crippen LogP contribution in [0.15, 0.2) is 15.8 Å². The van der Waals surface area contributed by atoms with E-state index < -0.39 is 49.8 Å². The lowest BCUT2D eigenvalue weighted by Crippen LogP contribution is -2.33. The van der Waals surface area contributed by atoms with Crippen molar-refractivity contribution in [3.05, 3.63) is 32.6 Å². The molecule has 0 aromatic carbocycles. The molecule has 1 aliphatic heterocycles. The van der Waals surface area contributed by atoms with Crippen molar-refractivity contribution in [1.82, 2.24) is 9.55 Å². The molecule has 166 valence electrons. The zero-order valence-corrected chi connectivity index (χ0v) is 20.1. The molecule has 1 fully saturated rings. The van der Waals surface area contributed by atoms with Gasteiger partial charge in [-0.2, -0.15) is 0 Å². The molecule has 2 heterocycles. The number of aromatic amines is 1. The molecule has 0 radical (unpaired) electrons. The first-order valence-corrected chi connectivity index (χ1v) is 15.7. The zero-order chi connectivity index (χ0) is 22.2. The monoisotopic (exact) mass is 528 g/mol. The van der Waals surface area contributed by atoms with Crippen molar-refractivity contribution in [3.8, 4) is 0 Å². The van der Waals surface area contributed by atoms with Gasteiger partial charge in [-0.1, -0.05) is 6.92 Å². The Hall–Kier alpha value is 0.310. The van der Waals surface area contributed by atoms with Crippen LogP contribution in [0.3, 0.4) is 0 Å². The van der Waals surface area contributed by atoms with E-state index in [0.29, 0.717) is 12.0 Å². The molecule has 12 nitrogen and oxygen atoms in total. The molecule has 29 heavy (non-hydrogen) atoms. The first-order valence-electron chi connectivity index (χ1n) is 7.92. The van der Waals surface area contributed by atoms with Crippen LogP contribution in [0.25, 0.3) is 0 Å². The topological polar surface area (TPSA) is 173 Å². The SMILES string of the molecule is CC[C@H]1O[C@@H](n2cc(C)c(=O)[nH]c2=O)C[C@@H]1O[P@](O)(=S)OP(O)(=S)OP(O)(O)=S. The second-order valence-corrected chi connectivity index (χ2v) is 14.6. The quantitative estimate of drug-likeness (QED) is 0.297. The number of H-pyrrole nitrogens is 1. The lowest BCUT2D eigenvalue weighted by atomic mass is 10.1. The van der Waals surface area contributed by atoms with Crippen molar-refractivity contribution in [3.63, 3.8) is 0 Å². The molecule has 0 spiro atoms. The summed E-state index contributed by atoms with van der Waals surface area (Å²) in [6.07, 6.45) is -0.497. The van der Waals surface area contributed by atoms with Crippen molar-refractivity contribution in [2.75, 3.05) is 0 Å². The van der Waals surface area contributed by atoms with Crippen molar-refractivity contribution in [2.45, 2.75) is 45.1 Å². The summed E-state index contributed by atoms with van der Waals surface area (Å²) < 4.78 is 21.4. The van der Waals surface area contributed by atoms with Gasteiger partial charge in [-0.05, 0) is 48.8 Å². The third-order valence-electron chi connectivity index (χ3n) is 3.72. The minimum absolute atomic E-state index is 0.0549. The standard InChI is InChI=1S/C11H19N2O10P3S3/c1-3-7-8(21-25(18,28)23-26(19,29)22-24(16,17)27)4-9(20-7)13-5-6(2)10(14)12-11(13)15/h5,7-9H,3-4H2,1-2H3,(H,18,28)(H,19,29)(H,12,14,15)(H2,16,17,27)/t7-,8+,9-,25+,26?/m1/s1. The molecular weight excluding hydrogens is 509 g/mol. The van der Waals surface area contributed by atoms with E-state index in [4.69, 9.17) is 35.2 Å². The van der Waals surface area contributed by atoms with Gasteiger partial charge in [0.2, 0.25) is 0 Å². The number of nitrogens with zero attached hydrogens (tertiary/aromatic N) is 1. The zero-order valence-electron chi connectivity index (χ0n) is 15.0. The molecule has 5 N–H and O–H groups in total. The number of rotatable bonds is 8. The highest BCUT2D eigenvalue weighted by Gasteiger charge is 2.41. The van der Waals surface area contributed by atoms with E-state index in [1.165, 1.54) is 17.7 Å². The summed E-state index contributed by atoms with van der Waals surface area (Å²) in [5.74, 6) is 0. The lowest BCUT2D eigenvalue weighted by Gasteiger charge is -2.26. The number of aryl methyl sites for hydroxylation is 1. The fraction of sp³-hybridized carbons (Fsp3) is 0.636. The molecule has 5 atom stereocenters. The van der Waals surface area contributed by atoms with Gasteiger partial charge in [-0.3, -0.25) is 14.3 Å². The minimum atomic E-state index is -4.40. The Morgan fingerprint density at radius 3 is 2.38 bits per heavy atom. The predicted molar refractivity (Wildman–Crippen MR) is 114 cm³/mol. The number of nitrogens with one attached hydrogen (secondary N) is 1. The Bertz CT molecular complexity index is 1020. The van der Waals surface area contributed by atoms with E-state index >= 15 is 0 Å². The largest absolute Gasteiger partial charge is 0.352 e. The van der Waals surface area contributed by atoms with E-state index in [9.17, 15) is 19.4 Å². The molecule has 1 unspecified atom stereocenters. The third-order valence-corrected chi connectivity index (χ3v) is 10.2. The molecule has 1 aromatic heterocycles. The van der Waals surface area contributed by atoms with E-state index in [1.54, 1.807) is 6.92 Å². The predicted octanol–water partition coefficient (Wildman–Crippen LogP) is 0.604. The molecule has 18 heteroatoms. The molecule has 1 aromatic rings. The Labute approximate surface area is 180 Å². The van der Waals surface area contributed by atoms with Crippen LogP contribution in [0.2, 0.25) is 0 Å². The van der Waals surface area contributed by atoms with Crippen LogP contribution in [0.1, 0.15) is 31.6 Å². The molecule has 0 aliphatic carbocycles. The summed E-state index contributed by atoms with van der Waals surface area (Å²) in [5.41, 5.74) is -0.912. The number of ether oxygens (including phenoxy) is 1. The summed E-state index contributed by atoms with van der Waals surface area (Å²) in [6, 6.07) is 0. The van der Waals surface area contributed by atoms with Gasteiger partial charge >= 0.3 is 25.8 Å². The molecule has 1 aliphatic rings. The van der Waals surface area contributed by atoms with Gasteiger partial charge in [-0.25, -0.2) is 13.4 Å². The third kappa shape index (κ3) is 7.44. The van der Waals surface area contributed by atoms with Crippen molar-refractivity contribution >= 4 is 55.6 Å². The molecule has 0 bridgehead atoms. The van der Waals surface area contributed by atoms with Crippen LogP contribution in [-0.4, -0.2) is 41.3 Å². The Morgan fingerprint density at radius 1 is 1.21 bits per heavy atom. The smallest absolute Gasteiger partial charge is 0.339 e. The normalized spacial score (nSPS) is 26.8. The number of hydrogen-bond acceptors (Lipinski definition) is 9. The van der Waals surface area contributed by atoms with E-state index in [0.717, 1.165) is 0 Å². The summed E-state index contributed by atoms with van der Waals surface area (Å²) >= 11 is 13.6. The Balaban J connectivity index is 2.18. The molecule has 0 saturated carbocycles. The molecule has 2 rings (SSSR count). The van der Waals surface area contributed by atoms with Gasteiger partial charge in [-0.15, -0.1) is 0 Å². The Morgan fingerprint density at radius 2 is 1.83 bits per heavy atom. The van der Waals surface area contributed by atoms with Crippen LogP contribution in [0.5, 0.6) is 0 Å². The fourth-order valence-corrected chi connectivity index (χ4v) is 10.2. The highest BCUT2D eigenvalue weighted by Crippen LogP contribution is 2.67. The second-order valence-electron chi connectivity index (χ2n) is 5.99. The van der Waals surface area contributed by atoms with Gasteiger partial charge in [0.05, 0.1) is 12.2 Å². The van der Waals surface area contributed by atoms with Crippen LogP contribution in [0, 0.1) is 6.92 Å². The highest BCUT2D eigenvalue weighted by molar-refractivity contribution is 8.17. The number of hydrogen-bond donors (Lipinski definition) is 5. The summed E-state index contributed by atoms with van der Waals surface area (Å²) in [5, 5.41) is 0. The summed E-state index contributed by atoms with van der Waals surface area (Å²) in [6.45, 7) is -9.71. The van der Waals surface area contributed by atoms with Gasteiger partial charge in [0, 0.05) is 18.2 Å². The van der Waals surface area contributed by atoms with Crippen LogP contribution >= 0.6 is 20.2 Å². The van der Waals surface area contributed by atoms with Gasteiger partial charge in [0.25, 0.3) is 5.56 Å². The first kappa shape index (κ1) is 25.6. The van der Waals surface area contributed by atoms with Gasteiger partial charge in [0.1, 0.15) is 6.23 Å². The van der Waals surface area contributed by atoms with E-state index in [1.807, 2.05) is 0 Å². The fourth-order valence-electron chi connectivity index (χ4n) is 2.61. The lowest BCUT2D eigenvalue weighted by molar-refractivity contribution is -0.0194. The highest BCUT2D eigenvalue weighted by atomic mass is 32.5. The maximum Gasteiger partial charge on any atom is 0.339 e.